The van der Waals surface area contributed by atoms with Crippen LogP contribution in [0.5, 0.6) is 0 Å². The number of likely N-dealkylation sites (tertiary alicyclic amines) is 1. The van der Waals surface area contributed by atoms with E-state index in [1.54, 1.807) is 11.9 Å². The smallest absolute Gasteiger partial charge is 0.409 e. The number of hydrogen-bond donors (Lipinski definition) is 2. The van der Waals surface area contributed by atoms with Crippen LogP contribution in [0.4, 0.5) is 4.79 Å². The third-order valence-corrected chi connectivity index (χ3v) is 4.02. The van der Waals surface area contributed by atoms with Crippen molar-refractivity contribution >= 4 is 12.1 Å². The first kappa shape index (κ1) is 14.9. The Labute approximate surface area is 121 Å². The Morgan fingerprint density at radius 1 is 1.35 bits per heavy atom. The van der Waals surface area contributed by atoms with E-state index in [1.807, 2.05) is 6.92 Å². The van der Waals surface area contributed by atoms with E-state index in [0.717, 1.165) is 37.8 Å². The molecule has 2 fully saturated rings. The Kier molecular flexibility index (Phi) is 5.09. The number of nitrogens with zero attached hydrogens (tertiary/aromatic N) is 2. The van der Waals surface area contributed by atoms with Gasteiger partial charge >= 0.3 is 6.09 Å². The lowest BCUT2D eigenvalue weighted by Gasteiger charge is -2.32. The van der Waals surface area contributed by atoms with Crippen LogP contribution in [-0.4, -0.2) is 55.8 Å². The molecule has 2 N–H and O–H groups in total. The second kappa shape index (κ2) is 6.81. The molecule has 0 aromatic heterocycles. The third kappa shape index (κ3) is 4.02. The van der Waals surface area contributed by atoms with Crippen LogP contribution in [0.2, 0.25) is 0 Å². The predicted molar refractivity (Wildman–Crippen MR) is 78.8 cm³/mol. The molecule has 0 aromatic carbocycles. The topological polar surface area (TPSA) is 66.0 Å². The molecule has 1 heterocycles. The molecule has 2 aliphatic rings. The number of amides is 1. The summed E-state index contributed by atoms with van der Waals surface area (Å²) >= 11 is 0. The minimum atomic E-state index is -0.194. The second-order valence-electron chi connectivity index (χ2n) is 5.64. The fraction of sp³-hybridized carbons (Fsp3) is 0.857. The Morgan fingerprint density at radius 3 is 2.50 bits per heavy atom. The molecule has 6 heteroatoms. The molecule has 0 aromatic rings. The molecule has 1 aliphatic heterocycles. The lowest BCUT2D eigenvalue weighted by Crippen LogP contribution is -2.50. The van der Waals surface area contributed by atoms with Gasteiger partial charge in [0.15, 0.2) is 5.96 Å². The van der Waals surface area contributed by atoms with Gasteiger partial charge in [-0.25, -0.2) is 4.79 Å². The zero-order chi connectivity index (χ0) is 14.5. The van der Waals surface area contributed by atoms with Crippen molar-refractivity contribution in [1.82, 2.24) is 15.5 Å². The van der Waals surface area contributed by atoms with E-state index in [4.69, 9.17) is 4.74 Å². The van der Waals surface area contributed by atoms with Gasteiger partial charge in [-0.1, -0.05) is 6.92 Å². The number of nitrogens with one attached hydrogen (secondary N) is 2. The molecule has 1 amide bonds. The number of aliphatic imine (C=N–C) groups is 1. The van der Waals surface area contributed by atoms with Crippen molar-refractivity contribution in [3.63, 3.8) is 0 Å². The number of rotatable bonds is 3. The van der Waals surface area contributed by atoms with Gasteiger partial charge in [0, 0.05) is 32.2 Å². The highest BCUT2D eigenvalue weighted by Crippen LogP contribution is 2.28. The Balaban J connectivity index is 1.71. The zero-order valence-corrected chi connectivity index (χ0v) is 12.7. The van der Waals surface area contributed by atoms with Gasteiger partial charge in [0.05, 0.1) is 6.61 Å². The van der Waals surface area contributed by atoms with Crippen molar-refractivity contribution in [2.24, 2.45) is 10.9 Å². The fourth-order valence-electron chi connectivity index (χ4n) is 2.48. The normalized spacial score (nSPS) is 27.1. The maximum absolute atomic E-state index is 11.6. The predicted octanol–water partition coefficient (Wildman–Crippen LogP) is 1.18. The van der Waals surface area contributed by atoms with Crippen LogP contribution >= 0.6 is 0 Å². The summed E-state index contributed by atoms with van der Waals surface area (Å²) in [6.45, 7) is 6.00. The fourth-order valence-corrected chi connectivity index (χ4v) is 2.48. The molecule has 2 unspecified atom stereocenters. The summed E-state index contributed by atoms with van der Waals surface area (Å²) in [6.07, 6.45) is 2.89. The van der Waals surface area contributed by atoms with Crippen LogP contribution in [-0.2, 0) is 4.74 Å². The van der Waals surface area contributed by atoms with Gasteiger partial charge in [0.1, 0.15) is 0 Å². The average Bonchev–Trinajstić information content (AvgIpc) is 3.14. The molecule has 2 atom stereocenters. The Morgan fingerprint density at radius 2 is 2.00 bits per heavy atom. The van der Waals surface area contributed by atoms with Gasteiger partial charge in [-0.05, 0) is 32.1 Å². The van der Waals surface area contributed by atoms with Crippen molar-refractivity contribution in [3.05, 3.63) is 0 Å². The largest absolute Gasteiger partial charge is 0.450 e. The first-order valence-electron chi connectivity index (χ1n) is 7.55. The highest BCUT2D eigenvalue weighted by molar-refractivity contribution is 5.80. The van der Waals surface area contributed by atoms with E-state index in [0.29, 0.717) is 18.7 Å². The maximum Gasteiger partial charge on any atom is 0.409 e. The zero-order valence-electron chi connectivity index (χ0n) is 12.7. The standard InChI is InChI=1S/C14H26N4O2/c1-4-20-14(19)18-7-5-11(6-8-18)16-13(15-3)17-12-9-10(12)2/h10-12H,4-9H2,1-3H3,(H2,15,16,17). The van der Waals surface area contributed by atoms with Crippen LogP contribution < -0.4 is 10.6 Å². The lowest BCUT2D eigenvalue weighted by atomic mass is 10.1. The number of carbonyl (C=O) groups excluding carboxylic acids is 1. The van der Waals surface area contributed by atoms with Crippen LogP contribution in [0, 0.1) is 5.92 Å². The molecule has 0 radical (unpaired) electrons. The maximum atomic E-state index is 11.6. The molecule has 1 saturated heterocycles. The van der Waals surface area contributed by atoms with Crippen molar-refractivity contribution in [2.75, 3.05) is 26.7 Å². The minimum absolute atomic E-state index is 0.194. The molecule has 0 spiro atoms. The number of carbonyl (C=O) groups is 1. The first-order chi connectivity index (χ1) is 9.63. The summed E-state index contributed by atoms with van der Waals surface area (Å²) in [5.41, 5.74) is 0. The summed E-state index contributed by atoms with van der Waals surface area (Å²) in [4.78, 5) is 17.7. The molecule has 2 rings (SSSR count). The molecule has 20 heavy (non-hydrogen) atoms. The van der Waals surface area contributed by atoms with Crippen LogP contribution in [0.15, 0.2) is 4.99 Å². The van der Waals surface area contributed by atoms with E-state index >= 15 is 0 Å². The monoisotopic (exact) mass is 282 g/mol. The lowest BCUT2D eigenvalue weighted by molar-refractivity contribution is 0.0963. The van der Waals surface area contributed by atoms with E-state index in [-0.39, 0.29) is 6.09 Å². The van der Waals surface area contributed by atoms with Crippen LogP contribution in [0.3, 0.4) is 0 Å². The number of hydrogen-bond acceptors (Lipinski definition) is 3. The van der Waals surface area contributed by atoms with E-state index in [2.05, 4.69) is 22.5 Å². The highest BCUT2D eigenvalue weighted by Gasteiger charge is 2.33. The van der Waals surface area contributed by atoms with Crippen molar-refractivity contribution in [1.29, 1.82) is 0 Å². The molecular weight excluding hydrogens is 256 g/mol. The summed E-state index contributed by atoms with van der Waals surface area (Å²) < 4.78 is 5.02. The Hall–Kier alpha value is -1.46. The average molecular weight is 282 g/mol. The minimum Gasteiger partial charge on any atom is -0.450 e. The van der Waals surface area contributed by atoms with Gasteiger partial charge < -0.3 is 20.3 Å². The van der Waals surface area contributed by atoms with Gasteiger partial charge in [0.2, 0.25) is 0 Å². The van der Waals surface area contributed by atoms with Crippen molar-refractivity contribution < 1.29 is 9.53 Å². The summed E-state index contributed by atoms with van der Waals surface area (Å²) in [7, 11) is 1.80. The van der Waals surface area contributed by atoms with Crippen LogP contribution in [0.1, 0.15) is 33.1 Å². The molecular formula is C14H26N4O2. The number of ether oxygens (including phenoxy) is 1. The summed E-state index contributed by atoms with van der Waals surface area (Å²) in [5, 5.41) is 6.87. The Bertz CT molecular complexity index is 364. The second-order valence-corrected chi connectivity index (χ2v) is 5.64. The molecule has 114 valence electrons. The van der Waals surface area contributed by atoms with E-state index < -0.39 is 0 Å². The third-order valence-electron chi connectivity index (χ3n) is 4.02. The number of guanidine groups is 1. The van der Waals surface area contributed by atoms with Gasteiger partial charge in [-0.2, -0.15) is 0 Å². The van der Waals surface area contributed by atoms with Gasteiger partial charge in [-0.15, -0.1) is 0 Å². The SMILES string of the molecule is CCOC(=O)N1CCC(NC(=NC)NC2CC2C)CC1. The van der Waals surface area contributed by atoms with Crippen molar-refractivity contribution in [3.8, 4) is 0 Å². The molecule has 1 aliphatic carbocycles. The number of piperidine rings is 1. The van der Waals surface area contributed by atoms with Gasteiger partial charge in [-0.3, -0.25) is 4.99 Å². The molecule has 6 nitrogen and oxygen atoms in total. The highest BCUT2D eigenvalue weighted by atomic mass is 16.6. The van der Waals surface area contributed by atoms with E-state index in [1.165, 1.54) is 6.42 Å². The first-order valence-corrected chi connectivity index (χ1v) is 7.55. The summed E-state index contributed by atoms with van der Waals surface area (Å²) in [5.74, 6) is 1.63. The van der Waals surface area contributed by atoms with E-state index in [9.17, 15) is 4.79 Å². The molecule has 0 bridgehead atoms. The molecule has 1 saturated carbocycles. The van der Waals surface area contributed by atoms with Gasteiger partial charge in [0.25, 0.3) is 0 Å². The van der Waals surface area contributed by atoms with Crippen LogP contribution in [0.25, 0.3) is 0 Å². The quantitative estimate of drug-likeness (QED) is 0.602. The summed E-state index contributed by atoms with van der Waals surface area (Å²) in [6, 6.07) is 0.946. The van der Waals surface area contributed by atoms with Crippen molar-refractivity contribution in [2.45, 2.75) is 45.2 Å².